The lowest BCUT2D eigenvalue weighted by atomic mass is 10.3. The molecule has 0 atom stereocenters. The molecule has 0 fully saturated rings. The number of aromatic hydroxyl groups is 1. The van der Waals surface area contributed by atoms with Crippen LogP contribution < -0.4 is 10.5 Å². The van der Waals surface area contributed by atoms with Crippen LogP contribution in [0.1, 0.15) is 0 Å². The van der Waals surface area contributed by atoms with Gasteiger partial charge in [0.05, 0.1) is 5.02 Å². The van der Waals surface area contributed by atoms with Gasteiger partial charge in [0.15, 0.2) is 0 Å². The van der Waals surface area contributed by atoms with Gasteiger partial charge in [-0.15, -0.1) is 0 Å². The van der Waals surface area contributed by atoms with Crippen molar-refractivity contribution in [1.82, 2.24) is 0 Å². The van der Waals surface area contributed by atoms with E-state index in [-0.39, 0.29) is 5.75 Å². The number of nitrogens with two attached hydrogens (primary N) is 1. The SMILES string of the molecule is NCCOc1ccc(O)cc1Cl. The highest BCUT2D eigenvalue weighted by Crippen LogP contribution is 2.27. The molecule has 4 heteroatoms. The third-order valence-electron chi connectivity index (χ3n) is 1.29. The van der Waals surface area contributed by atoms with E-state index in [1.165, 1.54) is 12.1 Å². The van der Waals surface area contributed by atoms with E-state index in [1.54, 1.807) is 6.07 Å². The Hall–Kier alpha value is -0.930. The van der Waals surface area contributed by atoms with Crippen molar-refractivity contribution >= 4 is 11.6 Å². The number of hydrogen-bond acceptors (Lipinski definition) is 3. The Balaban J connectivity index is 2.72. The van der Waals surface area contributed by atoms with Crippen molar-refractivity contribution in [1.29, 1.82) is 0 Å². The third-order valence-corrected chi connectivity index (χ3v) is 1.59. The van der Waals surface area contributed by atoms with Gasteiger partial charge >= 0.3 is 0 Å². The molecular formula is C8H10ClNO2. The van der Waals surface area contributed by atoms with Crippen LogP contribution in [0, 0.1) is 0 Å². The van der Waals surface area contributed by atoms with Crippen molar-refractivity contribution in [3.8, 4) is 11.5 Å². The smallest absolute Gasteiger partial charge is 0.138 e. The molecule has 3 N–H and O–H groups in total. The third kappa shape index (κ3) is 2.29. The van der Waals surface area contributed by atoms with Crippen LogP contribution in [-0.4, -0.2) is 18.3 Å². The Kier molecular flexibility index (Phi) is 3.19. The van der Waals surface area contributed by atoms with Crippen LogP contribution >= 0.6 is 11.6 Å². The Morgan fingerprint density at radius 1 is 1.50 bits per heavy atom. The zero-order valence-corrected chi connectivity index (χ0v) is 7.21. The van der Waals surface area contributed by atoms with E-state index in [2.05, 4.69) is 0 Å². The summed E-state index contributed by atoms with van der Waals surface area (Å²) in [6, 6.07) is 4.54. The molecule has 0 bridgehead atoms. The molecule has 0 aliphatic heterocycles. The summed E-state index contributed by atoms with van der Waals surface area (Å²) in [7, 11) is 0. The van der Waals surface area contributed by atoms with E-state index in [0.29, 0.717) is 23.9 Å². The van der Waals surface area contributed by atoms with Gasteiger partial charge in [-0.2, -0.15) is 0 Å². The van der Waals surface area contributed by atoms with Crippen LogP contribution in [0.3, 0.4) is 0 Å². The molecule has 1 rings (SSSR count). The van der Waals surface area contributed by atoms with E-state index in [0.717, 1.165) is 0 Å². The summed E-state index contributed by atoms with van der Waals surface area (Å²) in [5.41, 5.74) is 5.24. The van der Waals surface area contributed by atoms with Gasteiger partial charge in [-0.05, 0) is 12.1 Å². The predicted molar refractivity (Wildman–Crippen MR) is 47.7 cm³/mol. The number of hydrogen-bond donors (Lipinski definition) is 2. The summed E-state index contributed by atoms with van der Waals surface area (Å²) in [6.07, 6.45) is 0. The molecule has 66 valence electrons. The van der Waals surface area contributed by atoms with E-state index in [1.807, 2.05) is 0 Å². The molecule has 0 heterocycles. The maximum absolute atomic E-state index is 9.00. The summed E-state index contributed by atoms with van der Waals surface area (Å²) >= 11 is 5.74. The van der Waals surface area contributed by atoms with E-state index in [9.17, 15) is 0 Å². The fourth-order valence-corrected chi connectivity index (χ4v) is 1.01. The Bertz CT molecular complexity index is 265. The van der Waals surface area contributed by atoms with Crippen LogP contribution in [0.25, 0.3) is 0 Å². The highest BCUT2D eigenvalue weighted by Gasteiger charge is 2.00. The molecule has 0 saturated carbocycles. The lowest BCUT2D eigenvalue weighted by Crippen LogP contribution is -2.10. The monoisotopic (exact) mass is 187 g/mol. The molecule has 1 aromatic rings. The summed E-state index contributed by atoms with van der Waals surface area (Å²) in [6.45, 7) is 0.863. The first-order valence-corrected chi connectivity index (χ1v) is 3.93. The molecule has 3 nitrogen and oxygen atoms in total. The second-order valence-corrected chi connectivity index (χ2v) is 2.66. The van der Waals surface area contributed by atoms with Crippen molar-refractivity contribution < 1.29 is 9.84 Å². The minimum Gasteiger partial charge on any atom is -0.508 e. The second kappa shape index (κ2) is 4.18. The first kappa shape index (κ1) is 9.16. The standard InChI is InChI=1S/C8H10ClNO2/c9-7-5-6(11)1-2-8(7)12-4-3-10/h1-2,5,11H,3-4,10H2. The number of halogens is 1. The zero-order chi connectivity index (χ0) is 8.97. The average molecular weight is 188 g/mol. The van der Waals surface area contributed by atoms with Crippen LogP contribution in [0.4, 0.5) is 0 Å². The summed E-state index contributed by atoms with van der Waals surface area (Å²) in [5, 5.41) is 9.39. The number of rotatable bonds is 3. The number of phenols is 1. The lowest BCUT2D eigenvalue weighted by molar-refractivity contribution is 0.328. The molecule has 0 aliphatic carbocycles. The maximum atomic E-state index is 9.00. The van der Waals surface area contributed by atoms with Crippen molar-refractivity contribution in [2.45, 2.75) is 0 Å². The lowest BCUT2D eigenvalue weighted by Gasteiger charge is -2.05. The van der Waals surface area contributed by atoms with Crippen molar-refractivity contribution in [2.75, 3.05) is 13.2 Å². The fourth-order valence-electron chi connectivity index (χ4n) is 0.776. The van der Waals surface area contributed by atoms with Crippen molar-refractivity contribution in [2.24, 2.45) is 5.73 Å². The quantitative estimate of drug-likeness (QED) is 0.752. The molecule has 0 saturated heterocycles. The van der Waals surface area contributed by atoms with Crippen LogP contribution in [-0.2, 0) is 0 Å². The van der Waals surface area contributed by atoms with Crippen molar-refractivity contribution in [3.63, 3.8) is 0 Å². The Morgan fingerprint density at radius 3 is 2.83 bits per heavy atom. The van der Waals surface area contributed by atoms with Crippen LogP contribution in [0.15, 0.2) is 18.2 Å². The van der Waals surface area contributed by atoms with Gasteiger partial charge in [-0.3, -0.25) is 0 Å². The second-order valence-electron chi connectivity index (χ2n) is 2.25. The van der Waals surface area contributed by atoms with E-state index < -0.39 is 0 Å². The van der Waals surface area contributed by atoms with Gasteiger partial charge in [0, 0.05) is 12.6 Å². The van der Waals surface area contributed by atoms with Gasteiger partial charge in [-0.1, -0.05) is 11.6 Å². The summed E-state index contributed by atoms with van der Waals surface area (Å²) in [5.74, 6) is 0.667. The van der Waals surface area contributed by atoms with Gasteiger partial charge in [0.1, 0.15) is 18.1 Å². The van der Waals surface area contributed by atoms with Crippen LogP contribution in [0.5, 0.6) is 11.5 Å². The fraction of sp³-hybridized carbons (Fsp3) is 0.250. The van der Waals surface area contributed by atoms with E-state index in [4.69, 9.17) is 27.2 Å². The first-order chi connectivity index (χ1) is 5.74. The zero-order valence-electron chi connectivity index (χ0n) is 6.46. The molecule has 0 spiro atoms. The largest absolute Gasteiger partial charge is 0.508 e. The molecule has 0 aromatic heterocycles. The Labute approximate surface area is 75.7 Å². The molecule has 0 unspecified atom stereocenters. The molecule has 0 amide bonds. The first-order valence-electron chi connectivity index (χ1n) is 3.55. The van der Waals surface area contributed by atoms with Gasteiger partial charge in [0.2, 0.25) is 0 Å². The maximum Gasteiger partial charge on any atom is 0.138 e. The minimum absolute atomic E-state index is 0.125. The van der Waals surface area contributed by atoms with Gasteiger partial charge in [0.25, 0.3) is 0 Å². The number of phenolic OH excluding ortho intramolecular Hbond substituents is 1. The number of benzene rings is 1. The average Bonchev–Trinajstić information content (AvgIpc) is 2.03. The minimum atomic E-state index is 0.125. The highest BCUT2D eigenvalue weighted by atomic mass is 35.5. The topological polar surface area (TPSA) is 55.5 Å². The predicted octanol–water partition coefficient (Wildman–Crippen LogP) is 1.38. The molecule has 0 aliphatic rings. The van der Waals surface area contributed by atoms with E-state index >= 15 is 0 Å². The highest BCUT2D eigenvalue weighted by molar-refractivity contribution is 6.32. The summed E-state index contributed by atoms with van der Waals surface area (Å²) in [4.78, 5) is 0. The Morgan fingerprint density at radius 2 is 2.25 bits per heavy atom. The van der Waals surface area contributed by atoms with Gasteiger partial charge < -0.3 is 15.6 Å². The number of ether oxygens (including phenoxy) is 1. The molecule has 0 radical (unpaired) electrons. The normalized spacial score (nSPS) is 9.83. The summed E-state index contributed by atoms with van der Waals surface area (Å²) < 4.78 is 5.17. The molecule has 1 aromatic carbocycles. The van der Waals surface area contributed by atoms with Crippen LogP contribution in [0.2, 0.25) is 5.02 Å². The molecule has 12 heavy (non-hydrogen) atoms. The van der Waals surface area contributed by atoms with Gasteiger partial charge in [-0.25, -0.2) is 0 Å². The molecular weight excluding hydrogens is 178 g/mol. The van der Waals surface area contributed by atoms with Crippen molar-refractivity contribution in [3.05, 3.63) is 23.2 Å².